The molecule has 1 aliphatic rings. The molecule has 1 aromatic rings. The van der Waals surface area contributed by atoms with Gasteiger partial charge in [-0.15, -0.1) is 24.0 Å². The molecule has 1 heterocycles. The molecule has 0 saturated carbocycles. The van der Waals surface area contributed by atoms with Crippen LogP contribution < -0.4 is 14.8 Å². The number of nitrogens with one attached hydrogen (secondary N) is 1. The van der Waals surface area contributed by atoms with Crippen LogP contribution in [0.5, 0.6) is 11.5 Å². The van der Waals surface area contributed by atoms with E-state index in [4.69, 9.17) is 14.2 Å². The Morgan fingerprint density at radius 1 is 1.23 bits per heavy atom. The summed E-state index contributed by atoms with van der Waals surface area (Å²) < 4.78 is 16.4. The van der Waals surface area contributed by atoms with Gasteiger partial charge in [0.1, 0.15) is 11.5 Å². The highest BCUT2D eigenvalue weighted by molar-refractivity contribution is 14.0. The van der Waals surface area contributed by atoms with Crippen LogP contribution in [0.3, 0.4) is 0 Å². The average Bonchev–Trinajstić information content (AvgIpc) is 2.73. The van der Waals surface area contributed by atoms with Crippen molar-refractivity contribution in [3.05, 3.63) is 23.8 Å². The zero-order valence-corrected chi connectivity index (χ0v) is 21.6. The Balaban J connectivity index is 0.00000450. The Kier molecular flexibility index (Phi) is 12.4. The number of halogens is 1. The van der Waals surface area contributed by atoms with Gasteiger partial charge in [0.05, 0.1) is 27.4 Å². The van der Waals surface area contributed by atoms with Crippen LogP contribution in [0.2, 0.25) is 0 Å². The molecule has 8 heteroatoms. The molecule has 0 aliphatic carbocycles. The molecule has 0 amide bonds. The number of nitrogens with zero attached hydrogens (tertiary/aromatic N) is 3. The van der Waals surface area contributed by atoms with E-state index in [9.17, 15) is 0 Å². The Bertz CT molecular complexity index is 651. The summed E-state index contributed by atoms with van der Waals surface area (Å²) in [5.74, 6) is 3.13. The van der Waals surface area contributed by atoms with Crippen molar-refractivity contribution in [1.82, 2.24) is 15.1 Å². The van der Waals surface area contributed by atoms with Crippen LogP contribution in [0.1, 0.15) is 25.8 Å². The van der Waals surface area contributed by atoms with E-state index < -0.39 is 0 Å². The van der Waals surface area contributed by atoms with Gasteiger partial charge in [-0.1, -0.05) is 13.8 Å². The van der Waals surface area contributed by atoms with E-state index in [1.165, 1.54) is 0 Å². The molecule has 1 aliphatic heterocycles. The second-order valence-electron chi connectivity index (χ2n) is 7.89. The van der Waals surface area contributed by atoms with Crippen molar-refractivity contribution in [2.75, 3.05) is 61.2 Å². The molecule has 172 valence electrons. The largest absolute Gasteiger partial charge is 0.497 e. The first-order valence-electron chi connectivity index (χ1n) is 10.4. The van der Waals surface area contributed by atoms with Crippen LogP contribution in [0.15, 0.2) is 23.2 Å². The number of hydrogen-bond donors (Lipinski definition) is 1. The number of ether oxygens (including phenoxy) is 3. The summed E-state index contributed by atoms with van der Waals surface area (Å²) in [4.78, 5) is 9.15. The lowest BCUT2D eigenvalue weighted by atomic mass is 10.0. The molecule has 0 spiro atoms. The summed E-state index contributed by atoms with van der Waals surface area (Å²) in [6, 6.07) is 6.38. The number of methoxy groups -OCH3 is 2. The van der Waals surface area contributed by atoms with Crippen molar-refractivity contribution in [1.29, 1.82) is 0 Å². The fourth-order valence-corrected chi connectivity index (χ4v) is 3.75. The second-order valence-corrected chi connectivity index (χ2v) is 7.89. The Morgan fingerprint density at radius 3 is 2.50 bits per heavy atom. The molecule has 1 unspecified atom stereocenters. The highest BCUT2D eigenvalue weighted by Crippen LogP contribution is 2.25. The lowest BCUT2D eigenvalue weighted by Gasteiger charge is -2.36. The van der Waals surface area contributed by atoms with E-state index in [0.29, 0.717) is 18.5 Å². The summed E-state index contributed by atoms with van der Waals surface area (Å²) in [6.45, 7) is 9.76. The molecule has 1 atom stereocenters. The number of rotatable bonds is 9. The Morgan fingerprint density at radius 2 is 1.93 bits per heavy atom. The van der Waals surface area contributed by atoms with Gasteiger partial charge >= 0.3 is 0 Å². The first-order valence-corrected chi connectivity index (χ1v) is 10.4. The number of aliphatic imine (C=N–C) groups is 1. The van der Waals surface area contributed by atoms with Gasteiger partial charge in [-0.25, -0.2) is 0 Å². The number of hydrogen-bond acceptors (Lipinski definition) is 5. The predicted octanol–water partition coefficient (Wildman–Crippen LogP) is 3.08. The quantitative estimate of drug-likeness (QED) is 0.299. The molecule has 0 aromatic heterocycles. The van der Waals surface area contributed by atoms with E-state index >= 15 is 0 Å². The van der Waals surface area contributed by atoms with Crippen molar-refractivity contribution < 1.29 is 14.2 Å². The lowest BCUT2D eigenvalue weighted by Crippen LogP contribution is -2.51. The first kappa shape index (κ1) is 26.8. The molecule has 1 fully saturated rings. The van der Waals surface area contributed by atoms with E-state index in [-0.39, 0.29) is 24.0 Å². The maximum atomic E-state index is 5.54. The Hall–Kier alpha value is -1.26. The van der Waals surface area contributed by atoms with Crippen molar-refractivity contribution in [3.63, 3.8) is 0 Å². The zero-order chi connectivity index (χ0) is 21.2. The third kappa shape index (κ3) is 8.11. The first-order chi connectivity index (χ1) is 14.0. The van der Waals surface area contributed by atoms with Crippen LogP contribution in [-0.4, -0.2) is 83.0 Å². The minimum atomic E-state index is 0. The van der Waals surface area contributed by atoms with Gasteiger partial charge in [0.25, 0.3) is 0 Å². The maximum Gasteiger partial charge on any atom is 0.193 e. The van der Waals surface area contributed by atoms with Crippen molar-refractivity contribution in [3.8, 4) is 11.5 Å². The van der Waals surface area contributed by atoms with Gasteiger partial charge < -0.3 is 24.4 Å². The molecule has 7 nitrogen and oxygen atoms in total. The SMILES string of the molecule is CN=C(NCC(CC(C)C)N1CCOCC1)N(C)Cc1ccc(OC)cc1OC.I. The standard InChI is InChI=1S/C22H38N4O3.HI/c1-17(2)13-19(26-9-11-29-12-10-26)15-24-22(23-3)25(4)16-18-7-8-20(27-5)14-21(18)28-6;/h7-8,14,17,19H,9-13,15-16H2,1-6H3,(H,23,24);1H. The van der Waals surface area contributed by atoms with Gasteiger partial charge in [-0.05, 0) is 24.5 Å². The molecular weight excluding hydrogens is 495 g/mol. The molecule has 0 radical (unpaired) electrons. The van der Waals surface area contributed by atoms with Gasteiger partial charge in [0, 0.05) is 57.9 Å². The summed E-state index contributed by atoms with van der Waals surface area (Å²) in [5, 5.41) is 3.58. The summed E-state index contributed by atoms with van der Waals surface area (Å²) in [6.07, 6.45) is 1.15. The van der Waals surface area contributed by atoms with E-state index in [2.05, 4.69) is 34.0 Å². The molecule has 1 saturated heterocycles. The average molecular weight is 534 g/mol. The van der Waals surface area contributed by atoms with Crippen LogP contribution in [0.25, 0.3) is 0 Å². The molecule has 0 bridgehead atoms. The van der Waals surface area contributed by atoms with E-state index in [0.717, 1.165) is 62.3 Å². The smallest absolute Gasteiger partial charge is 0.193 e. The normalized spacial score (nSPS) is 16.0. The third-order valence-corrected chi connectivity index (χ3v) is 5.28. The zero-order valence-electron chi connectivity index (χ0n) is 19.3. The second kappa shape index (κ2) is 13.9. The van der Waals surface area contributed by atoms with Gasteiger partial charge in [0.2, 0.25) is 0 Å². The maximum absolute atomic E-state index is 5.54. The molecule has 30 heavy (non-hydrogen) atoms. The van der Waals surface area contributed by atoms with E-state index in [1.807, 2.05) is 32.3 Å². The van der Waals surface area contributed by atoms with Crippen molar-refractivity contribution in [2.24, 2.45) is 10.9 Å². The van der Waals surface area contributed by atoms with Crippen LogP contribution in [0, 0.1) is 5.92 Å². The van der Waals surface area contributed by atoms with E-state index in [1.54, 1.807) is 14.2 Å². The van der Waals surface area contributed by atoms with Crippen LogP contribution in [0.4, 0.5) is 0 Å². The van der Waals surface area contributed by atoms with Crippen molar-refractivity contribution in [2.45, 2.75) is 32.9 Å². The van der Waals surface area contributed by atoms with Gasteiger partial charge in [-0.2, -0.15) is 0 Å². The predicted molar refractivity (Wildman–Crippen MR) is 133 cm³/mol. The third-order valence-electron chi connectivity index (χ3n) is 5.28. The summed E-state index contributed by atoms with van der Waals surface area (Å²) in [7, 11) is 7.22. The molecule has 1 N–H and O–H groups in total. The minimum absolute atomic E-state index is 0. The molecular formula is C22H39IN4O3. The summed E-state index contributed by atoms with van der Waals surface area (Å²) in [5.41, 5.74) is 1.09. The minimum Gasteiger partial charge on any atom is -0.497 e. The topological polar surface area (TPSA) is 58.6 Å². The highest BCUT2D eigenvalue weighted by Gasteiger charge is 2.22. The fourth-order valence-electron chi connectivity index (χ4n) is 3.75. The highest BCUT2D eigenvalue weighted by atomic mass is 127. The van der Waals surface area contributed by atoms with Crippen LogP contribution in [-0.2, 0) is 11.3 Å². The molecule has 1 aromatic carbocycles. The van der Waals surface area contributed by atoms with Gasteiger partial charge in [-0.3, -0.25) is 9.89 Å². The number of morpholine rings is 1. The fraction of sp³-hybridized carbons (Fsp3) is 0.682. The number of guanidine groups is 1. The van der Waals surface area contributed by atoms with Crippen LogP contribution >= 0.6 is 24.0 Å². The Labute approximate surface area is 199 Å². The lowest BCUT2D eigenvalue weighted by molar-refractivity contribution is 0.0131. The monoisotopic (exact) mass is 534 g/mol. The van der Waals surface area contributed by atoms with Crippen molar-refractivity contribution >= 4 is 29.9 Å². The summed E-state index contributed by atoms with van der Waals surface area (Å²) >= 11 is 0. The molecule has 2 rings (SSSR count). The van der Waals surface area contributed by atoms with Gasteiger partial charge in [0.15, 0.2) is 5.96 Å². The number of benzene rings is 1.